The van der Waals surface area contributed by atoms with E-state index in [9.17, 15) is 9.59 Å². The fraction of sp³-hybridized carbons (Fsp3) is 0.455. The molecule has 0 saturated carbocycles. The van der Waals surface area contributed by atoms with Crippen molar-refractivity contribution in [1.82, 2.24) is 15.2 Å². The summed E-state index contributed by atoms with van der Waals surface area (Å²) in [7, 11) is 0. The number of carbonyl (C=O) groups is 1. The molecule has 1 aliphatic rings. The topological polar surface area (TPSA) is 65.2 Å². The van der Waals surface area contributed by atoms with Gasteiger partial charge in [0.1, 0.15) is 5.69 Å². The SMILES string of the molecule is C[C@@H]1CN(C(=O)c2cccc(=O)[nH]2)CCN1. The highest BCUT2D eigenvalue weighted by atomic mass is 16.2. The van der Waals surface area contributed by atoms with Crippen LogP contribution in [0.4, 0.5) is 0 Å². The highest BCUT2D eigenvalue weighted by Gasteiger charge is 2.21. The lowest BCUT2D eigenvalue weighted by Gasteiger charge is -2.31. The molecule has 0 unspecified atom stereocenters. The van der Waals surface area contributed by atoms with Crippen molar-refractivity contribution in [3.63, 3.8) is 0 Å². The molecule has 1 aromatic heterocycles. The molecule has 5 heteroatoms. The molecule has 1 aromatic rings. The molecule has 1 amide bonds. The smallest absolute Gasteiger partial charge is 0.270 e. The lowest BCUT2D eigenvalue weighted by molar-refractivity contribution is 0.0703. The van der Waals surface area contributed by atoms with E-state index in [-0.39, 0.29) is 11.5 Å². The number of pyridine rings is 1. The van der Waals surface area contributed by atoms with Gasteiger partial charge in [-0.2, -0.15) is 0 Å². The predicted octanol–water partition coefficient (Wildman–Crippen LogP) is -0.191. The fourth-order valence-electron chi connectivity index (χ4n) is 1.86. The summed E-state index contributed by atoms with van der Waals surface area (Å²) in [5.41, 5.74) is 0.121. The van der Waals surface area contributed by atoms with Crippen LogP contribution in [0.3, 0.4) is 0 Å². The first-order valence-corrected chi connectivity index (χ1v) is 5.39. The van der Waals surface area contributed by atoms with Crippen molar-refractivity contribution in [1.29, 1.82) is 0 Å². The molecule has 2 N–H and O–H groups in total. The Morgan fingerprint density at radius 3 is 3.00 bits per heavy atom. The summed E-state index contributed by atoms with van der Waals surface area (Å²) >= 11 is 0. The Labute approximate surface area is 93.5 Å². The second-order valence-electron chi connectivity index (χ2n) is 4.04. The maximum absolute atomic E-state index is 12.0. The van der Waals surface area contributed by atoms with E-state index >= 15 is 0 Å². The van der Waals surface area contributed by atoms with Crippen molar-refractivity contribution < 1.29 is 4.79 Å². The van der Waals surface area contributed by atoms with Gasteiger partial charge in [-0.15, -0.1) is 0 Å². The average Bonchev–Trinajstić information content (AvgIpc) is 2.28. The molecule has 2 rings (SSSR count). The largest absolute Gasteiger partial charge is 0.335 e. The van der Waals surface area contributed by atoms with Gasteiger partial charge in [-0.3, -0.25) is 9.59 Å². The Morgan fingerprint density at radius 1 is 1.50 bits per heavy atom. The van der Waals surface area contributed by atoms with Gasteiger partial charge in [-0.05, 0) is 13.0 Å². The van der Waals surface area contributed by atoms with E-state index in [4.69, 9.17) is 0 Å². The number of rotatable bonds is 1. The number of H-pyrrole nitrogens is 1. The van der Waals surface area contributed by atoms with Crippen LogP contribution >= 0.6 is 0 Å². The number of nitrogens with one attached hydrogen (secondary N) is 2. The molecule has 0 bridgehead atoms. The summed E-state index contributed by atoms with van der Waals surface area (Å²) in [5.74, 6) is -0.106. The normalized spacial score (nSPS) is 20.8. The van der Waals surface area contributed by atoms with E-state index in [1.165, 1.54) is 6.07 Å². The van der Waals surface area contributed by atoms with Gasteiger partial charge in [0, 0.05) is 31.7 Å². The van der Waals surface area contributed by atoms with E-state index in [1.54, 1.807) is 17.0 Å². The van der Waals surface area contributed by atoms with Crippen LogP contribution in [0.1, 0.15) is 17.4 Å². The molecule has 1 aliphatic heterocycles. The number of amides is 1. The predicted molar refractivity (Wildman–Crippen MR) is 60.4 cm³/mol. The molecular formula is C11H15N3O2. The molecule has 1 fully saturated rings. The van der Waals surface area contributed by atoms with Crippen LogP contribution in [-0.4, -0.2) is 41.5 Å². The Balaban J connectivity index is 2.15. The van der Waals surface area contributed by atoms with Crippen molar-refractivity contribution >= 4 is 5.91 Å². The van der Waals surface area contributed by atoms with Crippen LogP contribution in [-0.2, 0) is 0 Å². The third kappa shape index (κ3) is 2.30. The number of piperazine rings is 1. The van der Waals surface area contributed by atoms with Gasteiger partial charge in [0.25, 0.3) is 5.91 Å². The zero-order chi connectivity index (χ0) is 11.5. The number of carbonyl (C=O) groups excluding carboxylic acids is 1. The quantitative estimate of drug-likeness (QED) is 0.690. The minimum absolute atomic E-state index is 0.106. The lowest BCUT2D eigenvalue weighted by Crippen LogP contribution is -2.51. The number of aromatic nitrogens is 1. The third-order valence-electron chi connectivity index (χ3n) is 2.65. The van der Waals surface area contributed by atoms with Crippen LogP contribution < -0.4 is 10.9 Å². The van der Waals surface area contributed by atoms with Gasteiger partial charge in [-0.25, -0.2) is 0 Å². The van der Waals surface area contributed by atoms with Crippen LogP contribution in [0.5, 0.6) is 0 Å². The monoisotopic (exact) mass is 221 g/mol. The van der Waals surface area contributed by atoms with Crippen LogP contribution in [0.15, 0.2) is 23.0 Å². The number of hydrogen-bond acceptors (Lipinski definition) is 3. The summed E-state index contributed by atoms with van der Waals surface area (Å²) in [4.78, 5) is 27.4. The Morgan fingerprint density at radius 2 is 2.31 bits per heavy atom. The molecule has 0 aromatic carbocycles. The van der Waals surface area contributed by atoms with E-state index in [1.807, 2.05) is 6.92 Å². The van der Waals surface area contributed by atoms with Crippen molar-refractivity contribution in [3.05, 3.63) is 34.2 Å². The highest BCUT2D eigenvalue weighted by Crippen LogP contribution is 2.04. The van der Waals surface area contributed by atoms with Crippen LogP contribution in [0.25, 0.3) is 0 Å². The minimum atomic E-state index is -0.242. The first kappa shape index (κ1) is 10.9. The summed E-state index contributed by atoms with van der Waals surface area (Å²) < 4.78 is 0. The second kappa shape index (κ2) is 4.49. The molecule has 16 heavy (non-hydrogen) atoms. The number of hydrogen-bond donors (Lipinski definition) is 2. The molecule has 0 spiro atoms. The Hall–Kier alpha value is -1.62. The zero-order valence-electron chi connectivity index (χ0n) is 9.19. The number of aromatic amines is 1. The van der Waals surface area contributed by atoms with Gasteiger partial charge in [0.15, 0.2) is 0 Å². The summed E-state index contributed by atoms with van der Waals surface area (Å²) in [5, 5.41) is 3.26. The van der Waals surface area contributed by atoms with Crippen LogP contribution in [0.2, 0.25) is 0 Å². The molecule has 0 aliphatic carbocycles. The Bertz CT molecular complexity index is 441. The van der Waals surface area contributed by atoms with E-state index in [0.717, 1.165) is 6.54 Å². The molecule has 1 atom stereocenters. The van der Waals surface area contributed by atoms with Gasteiger partial charge >= 0.3 is 0 Å². The van der Waals surface area contributed by atoms with Crippen molar-refractivity contribution in [2.45, 2.75) is 13.0 Å². The minimum Gasteiger partial charge on any atom is -0.335 e. The maximum Gasteiger partial charge on any atom is 0.270 e. The molecule has 0 radical (unpaired) electrons. The van der Waals surface area contributed by atoms with Crippen molar-refractivity contribution in [2.24, 2.45) is 0 Å². The molecule has 86 valence electrons. The van der Waals surface area contributed by atoms with E-state index in [0.29, 0.717) is 24.8 Å². The summed E-state index contributed by atoms with van der Waals surface area (Å²) in [6.07, 6.45) is 0. The molecule has 1 saturated heterocycles. The fourth-order valence-corrected chi connectivity index (χ4v) is 1.86. The molecule has 2 heterocycles. The van der Waals surface area contributed by atoms with Gasteiger partial charge in [-0.1, -0.05) is 6.07 Å². The third-order valence-corrected chi connectivity index (χ3v) is 2.65. The van der Waals surface area contributed by atoms with E-state index in [2.05, 4.69) is 10.3 Å². The second-order valence-corrected chi connectivity index (χ2v) is 4.04. The maximum atomic E-state index is 12.0. The number of nitrogens with zero attached hydrogens (tertiary/aromatic N) is 1. The lowest BCUT2D eigenvalue weighted by atomic mass is 10.2. The standard InChI is InChI=1S/C11H15N3O2/c1-8-7-14(6-5-12-8)11(16)9-3-2-4-10(15)13-9/h2-4,8,12H,5-7H2,1H3,(H,13,15)/t8-/m1/s1. The van der Waals surface area contributed by atoms with E-state index < -0.39 is 0 Å². The highest BCUT2D eigenvalue weighted by molar-refractivity contribution is 5.92. The first-order chi connectivity index (χ1) is 7.66. The van der Waals surface area contributed by atoms with Gasteiger partial charge in [0.05, 0.1) is 0 Å². The average molecular weight is 221 g/mol. The van der Waals surface area contributed by atoms with Gasteiger partial charge < -0.3 is 15.2 Å². The van der Waals surface area contributed by atoms with Gasteiger partial charge in [0.2, 0.25) is 5.56 Å². The summed E-state index contributed by atoms with van der Waals surface area (Å²) in [6.45, 7) is 4.19. The van der Waals surface area contributed by atoms with Crippen molar-refractivity contribution in [2.75, 3.05) is 19.6 Å². The summed E-state index contributed by atoms with van der Waals surface area (Å²) in [6, 6.07) is 4.93. The van der Waals surface area contributed by atoms with Crippen molar-refractivity contribution in [3.8, 4) is 0 Å². The van der Waals surface area contributed by atoms with Crippen LogP contribution in [0, 0.1) is 0 Å². The first-order valence-electron chi connectivity index (χ1n) is 5.39. The zero-order valence-corrected chi connectivity index (χ0v) is 9.19. The molecular weight excluding hydrogens is 206 g/mol. The Kier molecular flexibility index (Phi) is 3.05. The molecule has 5 nitrogen and oxygen atoms in total.